The predicted molar refractivity (Wildman–Crippen MR) is 80.3 cm³/mol. The molecule has 0 spiro atoms. The van der Waals surface area contributed by atoms with E-state index in [0.717, 1.165) is 10.8 Å². The summed E-state index contributed by atoms with van der Waals surface area (Å²) in [6, 6.07) is 5.09. The molecule has 19 heavy (non-hydrogen) atoms. The van der Waals surface area contributed by atoms with Crippen LogP contribution in [0.15, 0.2) is 22.6 Å². The Kier molecular flexibility index (Phi) is 3.22. The van der Waals surface area contributed by atoms with Gasteiger partial charge in [0.15, 0.2) is 16.9 Å². The topological polar surface area (TPSA) is 22.4 Å². The molecule has 0 saturated heterocycles. The first-order valence-corrected chi connectivity index (χ1v) is 6.77. The van der Waals surface area contributed by atoms with Crippen LogP contribution in [0.1, 0.15) is 0 Å². The molecule has 0 atom stereocenters. The van der Waals surface area contributed by atoms with E-state index in [9.17, 15) is 0 Å². The van der Waals surface area contributed by atoms with Crippen LogP contribution < -0.4 is 4.74 Å². The van der Waals surface area contributed by atoms with Crippen LogP contribution in [0.5, 0.6) is 5.75 Å². The molecule has 3 aromatic rings. The molecule has 1 aromatic heterocycles. The summed E-state index contributed by atoms with van der Waals surface area (Å²) in [5, 5.41) is 3.16. The first kappa shape index (κ1) is 13.2. The van der Waals surface area contributed by atoms with Crippen LogP contribution >= 0.6 is 46.4 Å². The van der Waals surface area contributed by atoms with E-state index >= 15 is 0 Å². The third kappa shape index (κ3) is 1.95. The fourth-order valence-electron chi connectivity index (χ4n) is 2.04. The average molecular weight is 336 g/mol. The maximum atomic E-state index is 6.23. The largest absolute Gasteiger partial charge is 0.493 e. The smallest absolute Gasteiger partial charge is 0.159 e. The van der Waals surface area contributed by atoms with Crippen LogP contribution in [-0.4, -0.2) is 7.11 Å². The fourth-order valence-corrected chi connectivity index (χ4v) is 3.22. The minimum atomic E-state index is 0.313. The Morgan fingerprint density at radius 3 is 2.26 bits per heavy atom. The zero-order chi connectivity index (χ0) is 13.7. The highest BCUT2D eigenvalue weighted by molar-refractivity contribution is 6.43. The molecule has 6 heteroatoms. The molecule has 0 fully saturated rings. The summed E-state index contributed by atoms with van der Waals surface area (Å²) in [6.07, 6.45) is 0. The first-order valence-electron chi connectivity index (χ1n) is 5.26. The SMILES string of the molecule is COc1c(Cl)cc2c(oc3c(Cl)cc(Cl)cc32)c1Cl. The van der Waals surface area contributed by atoms with Gasteiger partial charge in [0.05, 0.1) is 17.2 Å². The zero-order valence-corrected chi connectivity index (χ0v) is 12.6. The highest BCUT2D eigenvalue weighted by Crippen LogP contribution is 2.44. The minimum Gasteiger partial charge on any atom is -0.493 e. The Morgan fingerprint density at radius 1 is 0.895 bits per heavy atom. The van der Waals surface area contributed by atoms with Gasteiger partial charge in [-0.3, -0.25) is 0 Å². The van der Waals surface area contributed by atoms with Gasteiger partial charge in [0, 0.05) is 15.8 Å². The molecule has 0 amide bonds. The van der Waals surface area contributed by atoms with E-state index in [1.165, 1.54) is 7.11 Å². The molecule has 0 radical (unpaired) electrons. The van der Waals surface area contributed by atoms with Gasteiger partial charge in [0.1, 0.15) is 5.02 Å². The van der Waals surface area contributed by atoms with Crippen molar-refractivity contribution in [3.05, 3.63) is 38.3 Å². The number of hydrogen-bond acceptors (Lipinski definition) is 2. The number of rotatable bonds is 1. The van der Waals surface area contributed by atoms with Gasteiger partial charge < -0.3 is 9.15 Å². The molecule has 3 rings (SSSR count). The lowest BCUT2D eigenvalue weighted by molar-refractivity contribution is 0.415. The van der Waals surface area contributed by atoms with Gasteiger partial charge in [0.2, 0.25) is 0 Å². The molecular weight excluding hydrogens is 330 g/mol. The van der Waals surface area contributed by atoms with Gasteiger partial charge in [-0.2, -0.15) is 0 Å². The lowest BCUT2D eigenvalue weighted by Crippen LogP contribution is -1.85. The maximum absolute atomic E-state index is 6.23. The standard InChI is InChI=1S/C13H6Cl4O2/c1-18-13-9(16)4-7-6-2-5(14)3-8(15)11(6)19-12(7)10(13)17/h2-4H,1H3. The summed E-state index contributed by atoms with van der Waals surface area (Å²) < 4.78 is 10.9. The second-order valence-electron chi connectivity index (χ2n) is 3.95. The highest BCUT2D eigenvalue weighted by atomic mass is 35.5. The number of hydrogen-bond donors (Lipinski definition) is 0. The first-order chi connectivity index (χ1) is 9.02. The summed E-state index contributed by atoms with van der Waals surface area (Å²) >= 11 is 24.5. The van der Waals surface area contributed by atoms with Crippen LogP contribution in [-0.2, 0) is 0 Å². The van der Waals surface area contributed by atoms with Crippen molar-refractivity contribution in [2.75, 3.05) is 7.11 Å². The molecule has 0 saturated carbocycles. The number of benzene rings is 2. The number of halogens is 4. The Hall–Kier alpha value is -0.800. The molecule has 0 N–H and O–H groups in total. The molecule has 2 aromatic carbocycles. The highest BCUT2D eigenvalue weighted by Gasteiger charge is 2.19. The lowest BCUT2D eigenvalue weighted by atomic mass is 10.1. The Morgan fingerprint density at radius 2 is 1.58 bits per heavy atom. The Balaban J connectivity index is 2.55. The lowest BCUT2D eigenvalue weighted by Gasteiger charge is -2.05. The van der Waals surface area contributed by atoms with Crippen molar-refractivity contribution in [1.82, 2.24) is 0 Å². The number of furan rings is 1. The van der Waals surface area contributed by atoms with E-state index in [1.807, 2.05) is 0 Å². The summed E-state index contributed by atoms with van der Waals surface area (Å²) in [6.45, 7) is 0. The zero-order valence-electron chi connectivity index (χ0n) is 9.56. The van der Waals surface area contributed by atoms with Crippen LogP contribution in [0.4, 0.5) is 0 Å². The normalized spacial score (nSPS) is 11.4. The monoisotopic (exact) mass is 334 g/mol. The average Bonchev–Trinajstić information content (AvgIpc) is 2.69. The van der Waals surface area contributed by atoms with Gasteiger partial charge in [-0.25, -0.2) is 0 Å². The second kappa shape index (κ2) is 4.64. The van der Waals surface area contributed by atoms with E-state index in [1.54, 1.807) is 18.2 Å². The number of methoxy groups -OCH3 is 1. The van der Waals surface area contributed by atoms with Crippen molar-refractivity contribution < 1.29 is 9.15 Å². The van der Waals surface area contributed by atoms with Crippen molar-refractivity contribution in [3.8, 4) is 5.75 Å². The molecule has 0 aliphatic carbocycles. The van der Waals surface area contributed by atoms with Gasteiger partial charge >= 0.3 is 0 Å². The molecule has 98 valence electrons. The van der Waals surface area contributed by atoms with Crippen LogP contribution in [0.2, 0.25) is 20.1 Å². The third-order valence-electron chi connectivity index (χ3n) is 2.84. The van der Waals surface area contributed by atoms with Gasteiger partial charge in [-0.05, 0) is 18.2 Å². The quantitative estimate of drug-likeness (QED) is 0.527. The van der Waals surface area contributed by atoms with Crippen LogP contribution in [0.3, 0.4) is 0 Å². The Bertz CT molecular complexity index is 808. The molecule has 0 bridgehead atoms. The minimum absolute atomic E-state index is 0.313. The van der Waals surface area contributed by atoms with Crippen LogP contribution in [0.25, 0.3) is 21.9 Å². The molecule has 0 aliphatic rings. The van der Waals surface area contributed by atoms with Crippen molar-refractivity contribution in [2.24, 2.45) is 0 Å². The summed E-state index contributed by atoms with van der Waals surface area (Å²) in [4.78, 5) is 0. The van der Waals surface area contributed by atoms with Crippen molar-refractivity contribution in [1.29, 1.82) is 0 Å². The number of fused-ring (bicyclic) bond motifs is 3. The van der Waals surface area contributed by atoms with E-state index in [2.05, 4.69) is 0 Å². The van der Waals surface area contributed by atoms with Crippen LogP contribution in [0, 0.1) is 0 Å². The summed E-state index contributed by atoms with van der Waals surface area (Å²) in [5.41, 5.74) is 0.995. The number of ether oxygens (including phenoxy) is 1. The molecular formula is C13H6Cl4O2. The van der Waals surface area contributed by atoms with Crippen molar-refractivity contribution >= 4 is 68.3 Å². The molecule has 1 heterocycles. The maximum Gasteiger partial charge on any atom is 0.159 e. The Labute approximate surface area is 128 Å². The van der Waals surface area contributed by atoms with E-state index in [0.29, 0.717) is 37.0 Å². The fraction of sp³-hybridized carbons (Fsp3) is 0.0769. The third-order valence-corrected chi connectivity index (χ3v) is 3.96. The van der Waals surface area contributed by atoms with Crippen molar-refractivity contribution in [3.63, 3.8) is 0 Å². The van der Waals surface area contributed by atoms with E-state index in [-0.39, 0.29) is 0 Å². The molecule has 2 nitrogen and oxygen atoms in total. The second-order valence-corrected chi connectivity index (χ2v) is 5.58. The van der Waals surface area contributed by atoms with E-state index in [4.69, 9.17) is 55.6 Å². The molecule has 0 aliphatic heterocycles. The van der Waals surface area contributed by atoms with Gasteiger partial charge in [0.25, 0.3) is 0 Å². The molecule has 0 unspecified atom stereocenters. The van der Waals surface area contributed by atoms with Crippen molar-refractivity contribution in [2.45, 2.75) is 0 Å². The predicted octanol–water partition coefficient (Wildman–Crippen LogP) is 6.21. The van der Waals surface area contributed by atoms with E-state index < -0.39 is 0 Å². The van der Waals surface area contributed by atoms with Gasteiger partial charge in [-0.1, -0.05) is 46.4 Å². The summed E-state index contributed by atoms with van der Waals surface area (Å²) in [5.74, 6) is 0.372. The van der Waals surface area contributed by atoms with Gasteiger partial charge in [-0.15, -0.1) is 0 Å². The summed E-state index contributed by atoms with van der Waals surface area (Å²) in [7, 11) is 1.49.